The number of H-pyrrole nitrogens is 1. The number of hydrogen-bond acceptors (Lipinski definition) is 5. The molecule has 0 bridgehead atoms. The fourth-order valence-electron chi connectivity index (χ4n) is 2.19. The molecule has 0 aliphatic heterocycles. The summed E-state index contributed by atoms with van der Waals surface area (Å²) in [6, 6.07) is 10.8. The smallest absolute Gasteiger partial charge is 0.262 e. The summed E-state index contributed by atoms with van der Waals surface area (Å²) in [4.78, 5) is -0.0597. The largest absolute Gasteiger partial charge is 0.280 e. The van der Waals surface area contributed by atoms with Crippen molar-refractivity contribution in [1.82, 2.24) is 10.2 Å². The Bertz CT molecular complexity index is 1030. The zero-order valence-corrected chi connectivity index (χ0v) is 13.4. The van der Waals surface area contributed by atoms with E-state index in [4.69, 9.17) is 0 Å². The van der Waals surface area contributed by atoms with Crippen LogP contribution in [-0.4, -0.2) is 27.0 Å². The summed E-state index contributed by atoms with van der Waals surface area (Å²) < 4.78 is 49.4. The second-order valence-corrected chi connectivity index (χ2v) is 7.43. The van der Waals surface area contributed by atoms with Gasteiger partial charge in [0, 0.05) is 11.1 Å². The summed E-state index contributed by atoms with van der Waals surface area (Å²) in [5, 5.41) is 7.11. The Hall–Kier alpha value is -2.39. The van der Waals surface area contributed by atoms with Gasteiger partial charge in [-0.3, -0.25) is 9.82 Å². The normalized spacial score (nSPS) is 11.9. The fourth-order valence-corrected chi connectivity index (χ4v) is 4.14. The molecule has 0 fully saturated rings. The maximum atomic E-state index is 12.5. The summed E-state index contributed by atoms with van der Waals surface area (Å²) >= 11 is 0. The molecule has 0 aliphatic carbocycles. The number of sulfonamides is 1. The van der Waals surface area contributed by atoms with E-state index < -0.39 is 20.7 Å². The van der Waals surface area contributed by atoms with E-state index in [1.165, 1.54) is 12.1 Å². The summed E-state index contributed by atoms with van der Waals surface area (Å²) in [5.74, 6) is -0.332. The molecule has 1 heterocycles. The van der Waals surface area contributed by atoms with Crippen molar-refractivity contribution in [2.24, 2.45) is 0 Å². The number of anilines is 1. The van der Waals surface area contributed by atoms with Gasteiger partial charge in [0.05, 0.1) is 16.2 Å². The number of rotatable bonds is 5. The third kappa shape index (κ3) is 3.35. The zero-order chi connectivity index (χ0) is 16.4. The third-order valence-electron chi connectivity index (χ3n) is 3.19. The lowest BCUT2D eigenvalue weighted by Crippen LogP contribution is -2.15. The fraction of sp³-hybridized carbons (Fsp3) is 0.0714. The van der Waals surface area contributed by atoms with Crippen LogP contribution in [0.4, 0.5) is 5.69 Å². The quantitative estimate of drug-likeness (QED) is 0.601. The Morgan fingerprint density at radius 2 is 1.96 bits per heavy atom. The average molecular weight is 350 g/mol. The first-order valence-electron chi connectivity index (χ1n) is 6.54. The number of nitrogens with zero attached hydrogens (tertiary/aromatic N) is 1. The maximum Gasteiger partial charge on any atom is 0.262 e. The van der Waals surface area contributed by atoms with E-state index in [0.717, 1.165) is 5.52 Å². The summed E-state index contributed by atoms with van der Waals surface area (Å²) in [6.07, 6.45) is 2.70. The highest BCUT2D eigenvalue weighted by Gasteiger charge is 2.18. The van der Waals surface area contributed by atoms with E-state index in [1.54, 1.807) is 30.3 Å². The highest BCUT2D eigenvalue weighted by atomic mass is 32.2. The predicted octanol–water partition coefficient (Wildman–Crippen LogP) is 1.28. The van der Waals surface area contributed by atoms with Crippen LogP contribution >= 0.6 is 0 Å². The van der Waals surface area contributed by atoms with Crippen molar-refractivity contribution in [3.63, 3.8) is 0 Å². The monoisotopic (exact) mass is 350 g/mol. The van der Waals surface area contributed by atoms with Gasteiger partial charge in [-0.15, -0.1) is 0 Å². The van der Waals surface area contributed by atoms with Gasteiger partial charge in [0.2, 0.25) is 0 Å². The van der Waals surface area contributed by atoms with Crippen molar-refractivity contribution in [1.29, 1.82) is 0 Å². The highest BCUT2D eigenvalue weighted by Crippen LogP contribution is 2.22. The summed E-state index contributed by atoms with van der Waals surface area (Å²) in [5.41, 5.74) is 1.31. The molecule has 0 unspecified atom stereocenters. The molecule has 0 spiro atoms. The van der Waals surface area contributed by atoms with Gasteiger partial charge >= 0.3 is 0 Å². The van der Waals surface area contributed by atoms with Gasteiger partial charge in [-0.1, -0.05) is 18.2 Å². The first-order valence-corrected chi connectivity index (χ1v) is 9.39. The van der Waals surface area contributed by atoms with Crippen LogP contribution in [0.5, 0.6) is 0 Å². The van der Waals surface area contributed by atoms with Crippen molar-refractivity contribution in [2.75, 3.05) is 4.72 Å². The van der Waals surface area contributed by atoms with Gasteiger partial charge in [0.25, 0.3) is 10.0 Å². The Morgan fingerprint density at radius 1 is 1.17 bits per heavy atom. The van der Waals surface area contributed by atoms with Crippen molar-refractivity contribution >= 4 is 37.3 Å². The number of fused-ring (bicyclic) bond motifs is 1. The van der Waals surface area contributed by atoms with E-state index >= 15 is 0 Å². The summed E-state index contributed by atoms with van der Waals surface area (Å²) in [6.45, 7) is 0. The number of thiol groups is 1. The molecule has 7 nitrogen and oxygen atoms in total. The number of aromatic nitrogens is 2. The number of benzene rings is 2. The Morgan fingerprint density at radius 3 is 2.74 bits per heavy atom. The second-order valence-electron chi connectivity index (χ2n) is 4.80. The molecule has 3 rings (SSSR count). The van der Waals surface area contributed by atoms with Crippen molar-refractivity contribution in [3.8, 4) is 0 Å². The van der Waals surface area contributed by atoms with Crippen LogP contribution in [0.3, 0.4) is 0 Å². The number of nitrogens with one attached hydrogen (secondary N) is 2. The van der Waals surface area contributed by atoms with Crippen LogP contribution in [0.2, 0.25) is 0 Å². The van der Waals surface area contributed by atoms with Crippen LogP contribution in [0.15, 0.2) is 47.4 Å². The van der Waals surface area contributed by atoms with Crippen molar-refractivity contribution < 1.29 is 16.8 Å². The van der Waals surface area contributed by atoms with Crippen molar-refractivity contribution in [2.45, 2.75) is 10.6 Å². The SMILES string of the molecule is O=[SH](=O)Cc1ccccc1S(=O)(=O)Nc1ccc2[nH]n[c]c2c1. The molecular formula is C14H12N3O4S2. The topological polar surface area (TPSA) is 109 Å². The van der Waals surface area contributed by atoms with Crippen LogP contribution in [-0.2, 0) is 26.5 Å². The molecule has 119 valence electrons. The van der Waals surface area contributed by atoms with Crippen molar-refractivity contribution in [3.05, 3.63) is 54.2 Å². The molecule has 23 heavy (non-hydrogen) atoms. The van der Waals surface area contributed by atoms with Crippen LogP contribution in [0.1, 0.15) is 5.56 Å². The molecule has 1 aromatic heterocycles. The lowest BCUT2D eigenvalue weighted by Gasteiger charge is -2.11. The van der Waals surface area contributed by atoms with E-state index in [-0.39, 0.29) is 16.2 Å². The molecular weight excluding hydrogens is 338 g/mol. The standard InChI is InChI=1S/C14H12N3O4S2/c18-22(19)9-10-3-1-2-4-14(10)23(20,21)17-12-5-6-13-11(7-12)8-15-16-13/h1-7,17,22H,9H2,(H,15,16). The predicted molar refractivity (Wildman–Crippen MR) is 86.2 cm³/mol. The minimum Gasteiger partial charge on any atom is -0.280 e. The Kier molecular flexibility index (Phi) is 4.05. The van der Waals surface area contributed by atoms with Gasteiger partial charge in [-0.2, -0.15) is 5.10 Å². The van der Waals surface area contributed by atoms with Gasteiger partial charge in [-0.05, 0) is 29.8 Å². The highest BCUT2D eigenvalue weighted by molar-refractivity contribution is 7.92. The van der Waals surface area contributed by atoms with Crippen LogP contribution in [0, 0.1) is 6.20 Å². The van der Waals surface area contributed by atoms with Gasteiger partial charge < -0.3 is 0 Å². The van der Waals surface area contributed by atoms with E-state index in [9.17, 15) is 16.8 Å². The Balaban J connectivity index is 1.98. The van der Waals surface area contributed by atoms with E-state index in [0.29, 0.717) is 11.1 Å². The number of aromatic amines is 1. The maximum absolute atomic E-state index is 12.5. The molecule has 0 atom stereocenters. The minimum atomic E-state index is -3.90. The van der Waals surface area contributed by atoms with E-state index in [1.807, 2.05) is 0 Å². The molecule has 2 N–H and O–H groups in total. The molecule has 0 saturated carbocycles. The third-order valence-corrected chi connectivity index (χ3v) is 5.27. The van der Waals surface area contributed by atoms with Gasteiger partial charge in [0.1, 0.15) is 16.9 Å². The molecule has 0 saturated heterocycles. The molecule has 3 aromatic rings. The first-order chi connectivity index (χ1) is 11.0. The first kappa shape index (κ1) is 15.5. The lowest BCUT2D eigenvalue weighted by atomic mass is 10.2. The van der Waals surface area contributed by atoms with Gasteiger partial charge in [-0.25, -0.2) is 16.8 Å². The van der Waals surface area contributed by atoms with Crippen LogP contribution < -0.4 is 4.72 Å². The number of hydrogen-bond donors (Lipinski definition) is 3. The molecule has 0 aliphatic rings. The minimum absolute atomic E-state index is 0.0597. The van der Waals surface area contributed by atoms with Crippen LogP contribution in [0.25, 0.3) is 10.9 Å². The zero-order valence-electron chi connectivity index (χ0n) is 11.7. The molecule has 2 aromatic carbocycles. The average Bonchev–Trinajstić information content (AvgIpc) is 2.94. The molecule has 9 heteroatoms. The second kappa shape index (κ2) is 6.01. The van der Waals surface area contributed by atoms with Gasteiger partial charge in [0.15, 0.2) is 0 Å². The lowest BCUT2D eigenvalue weighted by molar-refractivity contribution is 0.600. The molecule has 1 radical (unpaired) electrons. The summed E-state index contributed by atoms with van der Waals surface area (Å²) in [7, 11) is -6.63. The molecule has 0 amide bonds. The Labute approximate surface area is 134 Å². The van der Waals surface area contributed by atoms with E-state index in [2.05, 4.69) is 21.1 Å².